The van der Waals surface area contributed by atoms with Crippen molar-refractivity contribution in [3.8, 4) is 0 Å². The zero-order valence-electron chi connectivity index (χ0n) is 8.83. The molecule has 1 heterocycles. The first-order valence-corrected chi connectivity index (χ1v) is 6.67. The van der Waals surface area contributed by atoms with Gasteiger partial charge in [0, 0.05) is 9.75 Å². The summed E-state index contributed by atoms with van der Waals surface area (Å²) in [5, 5.41) is 0. The molecule has 2 aromatic rings. The van der Waals surface area contributed by atoms with Crippen LogP contribution < -0.4 is 0 Å². The van der Waals surface area contributed by atoms with Crippen LogP contribution in [0.1, 0.15) is 25.7 Å². The summed E-state index contributed by atoms with van der Waals surface area (Å²) < 4.78 is 0. The highest BCUT2D eigenvalue weighted by atomic mass is 79.9. The first-order valence-electron chi connectivity index (χ1n) is 4.94. The molecule has 0 aliphatic carbocycles. The summed E-state index contributed by atoms with van der Waals surface area (Å²) in [5.74, 6) is 0. The molecule has 2 rings (SSSR count). The molecule has 0 aliphatic heterocycles. The number of hydrogen-bond acceptors (Lipinski definition) is 1. The molecule has 0 saturated heterocycles. The maximum absolute atomic E-state index is 3.76. The summed E-state index contributed by atoms with van der Waals surface area (Å²) in [5.41, 5.74) is 2.71. The first kappa shape index (κ1) is 10.9. The molecule has 1 aromatic carbocycles. The van der Waals surface area contributed by atoms with Gasteiger partial charge in [0.25, 0.3) is 0 Å². The van der Waals surface area contributed by atoms with Crippen molar-refractivity contribution in [3.63, 3.8) is 0 Å². The maximum atomic E-state index is 3.76. The SMILES string of the molecule is Cc1cc(C(Br)c2ccccc2)c(C)s1. The molecule has 0 radical (unpaired) electrons. The van der Waals surface area contributed by atoms with Crippen LogP contribution in [-0.2, 0) is 0 Å². The minimum atomic E-state index is 0.323. The molecular formula is C13H13BrS. The van der Waals surface area contributed by atoms with Gasteiger partial charge in [-0.2, -0.15) is 0 Å². The average molecular weight is 281 g/mol. The van der Waals surface area contributed by atoms with Gasteiger partial charge < -0.3 is 0 Å². The topological polar surface area (TPSA) is 0 Å². The highest BCUT2D eigenvalue weighted by Crippen LogP contribution is 2.36. The fourth-order valence-electron chi connectivity index (χ4n) is 1.70. The number of hydrogen-bond donors (Lipinski definition) is 0. The Morgan fingerprint density at radius 2 is 1.80 bits per heavy atom. The number of thiophene rings is 1. The van der Waals surface area contributed by atoms with Gasteiger partial charge in [-0.15, -0.1) is 11.3 Å². The van der Waals surface area contributed by atoms with E-state index in [4.69, 9.17) is 0 Å². The number of alkyl halides is 1. The molecule has 0 N–H and O–H groups in total. The molecule has 2 heteroatoms. The van der Waals surface area contributed by atoms with Crippen molar-refractivity contribution in [1.29, 1.82) is 0 Å². The molecule has 0 amide bonds. The van der Waals surface area contributed by atoms with Crippen molar-refractivity contribution in [2.45, 2.75) is 18.7 Å². The van der Waals surface area contributed by atoms with Gasteiger partial charge in [0.05, 0.1) is 4.83 Å². The van der Waals surface area contributed by atoms with Crippen LogP contribution in [0.25, 0.3) is 0 Å². The van der Waals surface area contributed by atoms with Gasteiger partial charge in [-0.3, -0.25) is 0 Å². The standard InChI is InChI=1S/C13H13BrS/c1-9-8-12(10(2)15-9)13(14)11-6-4-3-5-7-11/h3-8,13H,1-2H3. The second-order valence-electron chi connectivity index (χ2n) is 3.64. The lowest BCUT2D eigenvalue weighted by atomic mass is 10.1. The molecule has 0 saturated carbocycles. The van der Waals surface area contributed by atoms with Gasteiger partial charge in [-0.25, -0.2) is 0 Å². The maximum Gasteiger partial charge on any atom is 0.0655 e. The quantitative estimate of drug-likeness (QED) is 0.690. The second-order valence-corrected chi connectivity index (χ2v) is 6.02. The van der Waals surface area contributed by atoms with Crippen molar-refractivity contribution in [2.24, 2.45) is 0 Å². The Kier molecular flexibility index (Phi) is 3.27. The highest BCUT2D eigenvalue weighted by Gasteiger charge is 2.14. The lowest BCUT2D eigenvalue weighted by molar-refractivity contribution is 1.17. The van der Waals surface area contributed by atoms with Crippen LogP contribution in [-0.4, -0.2) is 0 Å². The van der Waals surface area contributed by atoms with E-state index in [1.807, 2.05) is 11.3 Å². The van der Waals surface area contributed by atoms with E-state index in [-0.39, 0.29) is 0 Å². The predicted molar refractivity (Wildman–Crippen MR) is 71.0 cm³/mol. The summed E-state index contributed by atoms with van der Waals surface area (Å²) in [4.78, 5) is 3.10. The molecular weight excluding hydrogens is 268 g/mol. The fraction of sp³-hybridized carbons (Fsp3) is 0.231. The van der Waals surface area contributed by atoms with Crippen LogP contribution in [0.4, 0.5) is 0 Å². The normalized spacial score (nSPS) is 12.7. The summed E-state index contributed by atoms with van der Waals surface area (Å²) >= 11 is 5.63. The van der Waals surface area contributed by atoms with Gasteiger partial charge in [-0.05, 0) is 31.0 Å². The zero-order chi connectivity index (χ0) is 10.8. The number of halogens is 1. The summed E-state index contributed by atoms with van der Waals surface area (Å²) in [6.45, 7) is 4.34. The molecule has 15 heavy (non-hydrogen) atoms. The molecule has 0 bridgehead atoms. The van der Waals surface area contributed by atoms with Crippen LogP contribution in [0.3, 0.4) is 0 Å². The number of aryl methyl sites for hydroxylation is 2. The molecule has 1 aromatic heterocycles. The molecule has 1 unspecified atom stereocenters. The van der Waals surface area contributed by atoms with Crippen LogP contribution in [0.15, 0.2) is 36.4 Å². The van der Waals surface area contributed by atoms with E-state index in [1.165, 1.54) is 20.9 Å². The van der Waals surface area contributed by atoms with Crippen molar-refractivity contribution >= 4 is 27.3 Å². The number of rotatable bonds is 2. The van der Waals surface area contributed by atoms with Crippen LogP contribution >= 0.6 is 27.3 Å². The average Bonchev–Trinajstić information content (AvgIpc) is 2.58. The van der Waals surface area contributed by atoms with Gasteiger partial charge >= 0.3 is 0 Å². The second kappa shape index (κ2) is 4.50. The zero-order valence-corrected chi connectivity index (χ0v) is 11.2. The van der Waals surface area contributed by atoms with Gasteiger partial charge in [-0.1, -0.05) is 46.3 Å². The minimum Gasteiger partial charge on any atom is -0.146 e. The van der Waals surface area contributed by atoms with Crippen molar-refractivity contribution in [3.05, 3.63) is 57.3 Å². The van der Waals surface area contributed by atoms with E-state index >= 15 is 0 Å². The van der Waals surface area contributed by atoms with Crippen molar-refractivity contribution in [1.82, 2.24) is 0 Å². The Hall–Kier alpha value is -0.600. The Morgan fingerprint density at radius 1 is 1.13 bits per heavy atom. The third-order valence-electron chi connectivity index (χ3n) is 2.44. The Bertz CT molecular complexity index is 445. The van der Waals surface area contributed by atoms with E-state index < -0.39 is 0 Å². The lowest BCUT2D eigenvalue weighted by Crippen LogP contribution is -1.91. The van der Waals surface area contributed by atoms with Gasteiger partial charge in [0.1, 0.15) is 0 Å². The Labute approximate surface area is 103 Å². The van der Waals surface area contributed by atoms with Gasteiger partial charge in [0.2, 0.25) is 0 Å². The van der Waals surface area contributed by atoms with E-state index in [2.05, 4.69) is 66.2 Å². The third-order valence-corrected chi connectivity index (χ3v) is 4.45. The van der Waals surface area contributed by atoms with E-state index in [0.29, 0.717) is 4.83 Å². The summed E-state index contributed by atoms with van der Waals surface area (Å²) in [6, 6.07) is 12.8. The monoisotopic (exact) mass is 280 g/mol. The number of benzene rings is 1. The lowest BCUT2D eigenvalue weighted by Gasteiger charge is -2.09. The molecule has 0 nitrogen and oxygen atoms in total. The first-order chi connectivity index (χ1) is 7.18. The fourth-order valence-corrected chi connectivity index (χ4v) is 3.60. The molecule has 78 valence electrons. The van der Waals surface area contributed by atoms with Crippen molar-refractivity contribution < 1.29 is 0 Å². The Balaban J connectivity index is 2.36. The predicted octanol–water partition coefficient (Wildman–Crippen LogP) is 4.85. The minimum absolute atomic E-state index is 0.323. The Morgan fingerprint density at radius 3 is 2.33 bits per heavy atom. The molecule has 0 fully saturated rings. The van der Waals surface area contributed by atoms with E-state index in [1.54, 1.807) is 0 Å². The van der Waals surface area contributed by atoms with Crippen LogP contribution in [0.2, 0.25) is 0 Å². The van der Waals surface area contributed by atoms with Crippen molar-refractivity contribution in [2.75, 3.05) is 0 Å². The molecule has 0 aliphatic rings. The third kappa shape index (κ3) is 2.32. The molecule has 1 atom stereocenters. The smallest absolute Gasteiger partial charge is 0.0655 e. The largest absolute Gasteiger partial charge is 0.146 e. The van der Waals surface area contributed by atoms with Crippen LogP contribution in [0.5, 0.6) is 0 Å². The van der Waals surface area contributed by atoms with Gasteiger partial charge in [0.15, 0.2) is 0 Å². The molecule has 0 spiro atoms. The van der Waals surface area contributed by atoms with E-state index in [0.717, 1.165) is 0 Å². The van der Waals surface area contributed by atoms with E-state index in [9.17, 15) is 0 Å². The highest BCUT2D eigenvalue weighted by molar-refractivity contribution is 9.09. The summed E-state index contributed by atoms with van der Waals surface area (Å²) in [7, 11) is 0. The summed E-state index contributed by atoms with van der Waals surface area (Å²) in [6.07, 6.45) is 0. The van der Waals surface area contributed by atoms with Crippen LogP contribution in [0, 0.1) is 13.8 Å².